The van der Waals surface area contributed by atoms with Crippen molar-refractivity contribution in [2.24, 2.45) is 0 Å². The summed E-state index contributed by atoms with van der Waals surface area (Å²) in [5, 5.41) is 2.02. The van der Waals surface area contributed by atoms with Gasteiger partial charge >= 0.3 is 5.97 Å². The normalized spacial score (nSPS) is 11.1. The fraction of sp³-hybridized carbons (Fsp3) is 0.273. The van der Waals surface area contributed by atoms with Gasteiger partial charge in [0.1, 0.15) is 11.4 Å². The summed E-state index contributed by atoms with van der Waals surface area (Å²) in [6, 6.07) is 0.951. The molecule has 1 rings (SSSR count). The number of hydrogen-bond donors (Lipinski definition) is 2. The van der Waals surface area contributed by atoms with E-state index in [-0.39, 0.29) is 0 Å². The Morgan fingerprint density at radius 2 is 1.77 bits per heavy atom. The van der Waals surface area contributed by atoms with Gasteiger partial charge in [-0.05, 0) is 12.1 Å². The summed E-state index contributed by atoms with van der Waals surface area (Å²) in [6.07, 6.45) is 0. The van der Waals surface area contributed by atoms with Gasteiger partial charge in [-0.1, -0.05) is 0 Å². The number of amides is 1. The Kier molecular flexibility index (Phi) is 5.88. The highest BCUT2D eigenvalue weighted by Gasteiger charge is 2.24. The largest absolute Gasteiger partial charge is 0.468 e. The third-order valence-electron chi connectivity index (χ3n) is 2.37. The molecule has 122 valence electrons. The molecule has 0 aliphatic rings. The van der Waals surface area contributed by atoms with Crippen molar-refractivity contribution in [3.05, 3.63) is 29.6 Å². The van der Waals surface area contributed by atoms with E-state index in [0.29, 0.717) is 12.1 Å². The molecular formula is C11H11F3N2O5S. The van der Waals surface area contributed by atoms with Gasteiger partial charge in [0.2, 0.25) is 15.9 Å². The van der Waals surface area contributed by atoms with Crippen LogP contribution in [-0.4, -0.2) is 40.5 Å². The second-order valence-corrected chi connectivity index (χ2v) is 5.59. The van der Waals surface area contributed by atoms with Crippen LogP contribution in [0.15, 0.2) is 17.0 Å². The van der Waals surface area contributed by atoms with Crippen molar-refractivity contribution in [3.63, 3.8) is 0 Å². The zero-order valence-corrected chi connectivity index (χ0v) is 12.0. The lowest BCUT2D eigenvalue weighted by Gasteiger charge is -2.08. The second-order valence-electron chi connectivity index (χ2n) is 3.85. The minimum atomic E-state index is -4.58. The molecule has 0 radical (unpaired) electrons. The number of sulfonamides is 1. The molecule has 0 aromatic heterocycles. The number of rotatable bonds is 6. The van der Waals surface area contributed by atoms with Gasteiger partial charge in [0.25, 0.3) is 0 Å². The van der Waals surface area contributed by atoms with Crippen LogP contribution in [0, 0.1) is 17.5 Å². The second kappa shape index (κ2) is 7.22. The van der Waals surface area contributed by atoms with Crippen molar-refractivity contribution in [1.82, 2.24) is 10.0 Å². The Labute approximate surface area is 123 Å². The first-order valence-electron chi connectivity index (χ1n) is 5.65. The Morgan fingerprint density at radius 3 is 2.36 bits per heavy atom. The molecule has 0 atom stereocenters. The molecule has 0 spiro atoms. The number of halogens is 3. The van der Waals surface area contributed by atoms with E-state index < -0.39 is 57.3 Å². The Hall–Kier alpha value is -2.14. The number of benzene rings is 1. The van der Waals surface area contributed by atoms with Crippen LogP contribution in [0.1, 0.15) is 0 Å². The van der Waals surface area contributed by atoms with Gasteiger partial charge in [-0.25, -0.2) is 26.3 Å². The molecule has 0 fully saturated rings. The maximum atomic E-state index is 13.4. The monoisotopic (exact) mass is 340 g/mol. The lowest BCUT2D eigenvalue weighted by molar-refractivity contribution is -0.141. The van der Waals surface area contributed by atoms with Gasteiger partial charge in [-0.15, -0.1) is 0 Å². The number of esters is 1. The zero-order chi connectivity index (χ0) is 16.9. The highest BCUT2D eigenvalue weighted by Crippen LogP contribution is 2.19. The van der Waals surface area contributed by atoms with Crippen molar-refractivity contribution in [2.45, 2.75) is 4.90 Å². The molecule has 1 amide bonds. The van der Waals surface area contributed by atoms with Crippen LogP contribution in [0.3, 0.4) is 0 Å². The molecule has 2 N–H and O–H groups in total. The van der Waals surface area contributed by atoms with E-state index in [0.717, 1.165) is 7.11 Å². The van der Waals surface area contributed by atoms with E-state index in [1.807, 2.05) is 5.32 Å². The molecule has 11 heteroatoms. The summed E-state index contributed by atoms with van der Waals surface area (Å²) in [7, 11) is -3.49. The van der Waals surface area contributed by atoms with Crippen molar-refractivity contribution < 1.29 is 35.9 Å². The van der Waals surface area contributed by atoms with Crippen molar-refractivity contribution in [1.29, 1.82) is 0 Å². The van der Waals surface area contributed by atoms with E-state index in [2.05, 4.69) is 4.74 Å². The minimum absolute atomic E-state index is 0.435. The van der Waals surface area contributed by atoms with Gasteiger partial charge in [-0.2, -0.15) is 0 Å². The number of carbonyl (C=O) groups excluding carboxylic acids is 2. The molecule has 1 aromatic rings. The first kappa shape index (κ1) is 17.9. The van der Waals surface area contributed by atoms with Crippen molar-refractivity contribution >= 4 is 21.9 Å². The summed E-state index contributed by atoms with van der Waals surface area (Å²) in [5.74, 6) is -7.06. The van der Waals surface area contributed by atoms with E-state index in [1.165, 1.54) is 0 Å². The van der Waals surface area contributed by atoms with E-state index in [9.17, 15) is 31.2 Å². The molecule has 0 unspecified atom stereocenters. The summed E-state index contributed by atoms with van der Waals surface area (Å²) < 4.78 is 68.4. The smallest absolute Gasteiger partial charge is 0.325 e. The first-order chi connectivity index (χ1) is 10.2. The highest BCUT2D eigenvalue weighted by molar-refractivity contribution is 7.89. The molecule has 0 bridgehead atoms. The van der Waals surface area contributed by atoms with Crippen LogP contribution in [-0.2, 0) is 24.3 Å². The predicted molar refractivity (Wildman–Crippen MR) is 66.5 cm³/mol. The number of carbonyl (C=O) groups is 2. The quantitative estimate of drug-likeness (QED) is 0.545. The predicted octanol–water partition coefficient (Wildman–Crippen LogP) is -0.329. The molecule has 1 aromatic carbocycles. The lowest BCUT2D eigenvalue weighted by Crippen LogP contribution is -2.39. The molecule has 0 saturated carbocycles. The highest BCUT2D eigenvalue weighted by atomic mass is 32.2. The average Bonchev–Trinajstić information content (AvgIpc) is 2.48. The van der Waals surface area contributed by atoms with Gasteiger partial charge in [0.15, 0.2) is 17.5 Å². The number of nitrogens with one attached hydrogen (secondary N) is 2. The van der Waals surface area contributed by atoms with Crippen LogP contribution < -0.4 is 10.0 Å². The van der Waals surface area contributed by atoms with Gasteiger partial charge in [0.05, 0.1) is 13.7 Å². The number of hydrogen-bond acceptors (Lipinski definition) is 5. The van der Waals surface area contributed by atoms with Gasteiger partial charge < -0.3 is 10.1 Å². The van der Waals surface area contributed by atoms with Gasteiger partial charge in [0, 0.05) is 0 Å². The minimum Gasteiger partial charge on any atom is -0.468 e. The molecule has 7 nitrogen and oxygen atoms in total. The molecule has 0 saturated heterocycles. The summed E-state index contributed by atoms with van der Waals surface area (Å²) >= 11 is 0. The fourth-order valence-corrected chi connectivity index (χ4v) is 2.31. The maximum absolute atomic E-state index is 13.4. The van der Waals surface area contributed by atoms with Crippen molar-refractivity contribution in [3.8, 4) is 0 Å². The van der Waals surface area contributed by atoms with Crippen LogP contribution in [0.2, 0.25) is 0 Å². The first-order valence-corrected chi connectivity index (χ1v) is 7.14. The summed E-state index contributed by atoms with van der Waals surface area (Å²) in [5.41, 5.74) is 0. The summed E-state index contributed by atoms with van der Waals surface area (Å²) in [4.78, 5) is 20.9. The van der Waals surface area contributed by atoms with E-state index in [4.69, 9.17) is 0 Å². The van der Waals surface area contributed by atoms with E-state index >= 15 is 0 Å². The zero-order valence-electron chi connectivity index (χ0n) is 11.2. The topological polar surface area (TPSA) is 102 Å². The summed E-state index contributed by atoms with van der Waals surface area (Å²) in [6.45, 7) is -1.33. The van der Waals surface area contributed by atoms with Crippen LogP contribution >= 0.6 is 0 Å². The third-order valence-corrected chi connectivity index (χ3v) is 3.79. The van der Waals surface area contributed by atoms with Crippen LogP contribution in [0.4, 0.5) is 13.2 Å². The maximum Gasteiger partial charge on any atom is 0.325 e. The molecule has 22 heavy (non-hydrogen) atoms. The molecule has 0 aliphatic carbocycles. The third kappa shape index (κ3) is 4.43. The Bertz CT molecular complexity index is 693. The average molecular weight is 340 g/mol. The van der Waals surface area contributed by atoms with Crippen molar-refractivity contribution in [2.75, 3.05) is 20.2 Å². The SMILES string of the molecule is COC(=O)CNC(=O)CNS(=O)(=O)c1ccc(F)c(F)c1F. The molecule has 0 aliphatic heterocycles. The molecule has 0 heterocycles. The van der Waals surface area contributed by atoms with Crippen LogP contribution in [0.25, 0.3) is 0 Å². The Morgan fingerprint density at radius 1 is 1.14 bits per heavy atom. The van der Waals surface area contributed by atoms with Gasteiger partial charge in [-0.3, -0.25) is 9.59 Å². The van der Waals surface area contributed by atoms with Crippen LogP contribution in [0.5, 0.6) is 0 Å². The lowest BCUT2D eigenvalue weighted by atomic mass is 10.3. The molecular weight excluding hydrogens is 329 g/mol. The fourth-order valence-electron chi connectivity index (χ4n) is 1.26. The Balaban J connectivity index is 2.75. The number of methoxy groups -OCH3 is 1. The van der Waals surface area contributed by atoms with E-state index in [1.54, 1.807) is 4.72 Å². The number of ether oxygens (including phenoxy) is 1. The standard InChI is InChI=1S/C11H11F3N2O5S/c1-21-9(18)5-15-8(17)4-16-22(19,20)7-3-2-6(12)10(13)11(7)14/h2-3,16H,4-5H2,1H3,(H,15,17).